The van der Waals surface area contributed by atoms with Crippen LogP contribution in [0, 0.1) is 0 Å². The van der Waals surface area contributed by atoms with Gasteiger partial charge in [0, 0.05) is 6.54 Å². The van der Waals surface area contributed by atoms with Crippen LogP contribution in [-0.2, 0) is 6.54 Å². The van der Waals surface area contributed by atoms with Gasteiger partial charge in [-0.1, -0.05) is 18.5 Å². The van der Waals surface area contributed by atoms with Gasteiger partial charge in [0.25, 0.3) is 5.56 Å². The Kier molecular flexibility index (Phi) is 5.74. The highest BCUT2D eigenvalue weighted by Crippen LogP contribution is 2.20. The number of rotatable bonds is 7. The van der Waals surface area contributed by atoms with Gasteiger partial charge >= 0.3 is 0 Å². The van der Waals surface area contributed by atoms with E-state index in [1.807, 2.05) is 6.92 Å². The first-order valence-electron chi connectivity index (χ1n) is 5.90. The van der Waals surface area contributed by atoms with Gasteiger partial charge in [0.1, 0.15) is 10.6 Å². The molecule has 0 saturated carbocycles. The maximum Gasteiger partial charge on any atom is 0.287 e. The van der Waals surface area contributed by atoms with Gasteiger partial charge in [-0.25, -0.2) is 4.68 Å². The van der Waals surface area contributed by atoms with Crippen LogP contribution in [0.2, 0.25) is 5.02 Å². The van der Waals surface area contributed by atoms with Crippen molar-refractivity contribution in [3.8, 4) is 0 Å². The molecule has 1 heterocycles. The minimum absolute atomic E-state index is 0.0943. The zero-order valence-electron chi connectivity index (χ0n) is 10.6. The van der Waals surface area contributed by atoms with Crippen LogP contribution < -0.4 is 10.9 Å². The molecular weight excluding hydrogens is 274 g/mol. The number of nitrogens with zero attached hydrogens (tertiary/aromatic N) is 2. The number of aliphatic hydroxyl groups is 3. The van der Waals surface area contributed by atoms with E-state index in [2.05, 4.69) is 10.4 Å². The average Bonchev–Trinajstić information content (AvgIpc) is 2.44. The minimum atomic E-state index is -1.35. The third kappa shape index (κ3) is 3.44. The molecule has 0 fully saturated rings. The molecule has 0 saturated heterocycles. The topological polar surface area (TPSA) is 108 Å². The molecule has 0 atom stereocenters. The Morgan fingerprint density at radius 3 is 2.42 bits per heavy atom. The lowest BCUT2D eigenvalue weighted by molar-refractivity contribution is 0.0833. The van der Waals surface area contributed by atoms with Crippen molar-refractivity contribution in [3.63, 3.8) is 0 Å². The number of aliphatic hydroxyl groups excluding tert-OH is 3. The normalized spacial score (nSPS) is 11.6. The Balaban J connectivity index is 3.09. The van der Waals surface area contributed by atoms with Crippen molar-refractivity contribution in [2.75, 3.05) is 25.1 Å². The molecule has 0 aliphatic rings. The van der Waals surface area contributed by atoms with Gasteiger partial charge in [0.2, 0.25) is 0 Å². The van der Waals surface area contributed by atoms with Crippen molar-refractivity contribution in [2.45, 2.75) is 25.4 Å². The van der Waals surface area contributed by atoms with Crippen LogP contribution in [-0.4, -0.2) is 50.5 Å². The minimum Gasteiger partial charge on any atom is -0.394 e. The molecule has 1 aromatic rings. The lowest BCUT2D eigenvalue weighted by atomic mass is 10.0. The fraction of sp³-hybridized carbons (Fsp3) is 0.636. The van der Waals surface area contributed by atoms with Crippen molar-refractivity contribution >= 4 is 17.3 Å². The second-order valence-electron chi connectivity index (χ2n) is 4.28. The van der Waals surface area contributed by atoms with E-state index in [4.69, 9.17) is 11.6 Å². The van der Waals surface area contributed by atoms with Gasteiger partial charge in [-0.05, 0) is 6.42 Å². The quantitative estimate of drug-likeness (QED) is 0.536. The van der Waals surface area contributed by atoms with Gasteiger partial charge in [-0.2, -0.15) is 5.10 Å². The second-order valence-corrected chi connectivity index (χ2v) is 4.66. The predicted octanol–water partition coefficient (Wildman–Crippen LogP) is -0.566. The summed E-state index contributed by atoms with van der Waals surface area (Å²) < 4.78 is 1.23. The van der Waals surface area contributed by atoms with Crippen LogP contribution in [0.3, 0.4) is 0 Å². The zero-order chi connectivity index (χ0) is 14.5. The molecule has 0 spiro atoms. The molecule has 1 rings (SSSR count). The summed E-state index contributed by atoms with van der Waals surface area (Å²) in [6.45, 7) is 0.795. The fourth-order valence-electron chi connectivity index (χ4n) is 1.48. The molecule has 0 bridgehead atoms. The van der Waals surface area contributed by atoms with E-state index in [0.717, 1.165) is 6.42 Å². The smallest absolute Gasteiger partial charge is 0.287 e. The second kappa shape index (κ2) is 6.85. The summed E-state index contributed by atoms with van der Waals surface area (Å²) in [5.74, 6) is 0. The van der Waals surface area contributed by atoms with Gasteiger partial charge < -0.3 is 20.6 Å². The molecule has 1 aromatic heterocycles. The monoisotopic (exact) mass is 291 g/mol. The summed E-state index contributed by atoms with van der Waals surface area (Å²) in [5.41, 5.74) is -1.65. The number of hydrogen-bond acceptors (Lipinski definition) is 6. The maximum absolute atomic E-state index is 11.9. The lowest BCUT2D eigenvalue weighted by Gasteiger charge is -2.30. The van der Waals surface area contributed by atoms with Gasteiger partial charge in [-0.3, -0.25) is 4.79 Å². The van der Waals surface area contributed by atoms with Crippen LogP contribution in [0.1, 0.15) is 13.3 Å². The number of anilines is 1. The lowest BCUT2D eigenvalue weighted by Crippen LogP contribution is -2.49. The van der Waals surface area contributed by atoms with Gasteiger partial charge in [0.15, 0.2) is 0 Å². The van der Waals surface area contributed by atoms with E-state index in [0.29, 0.717) is 6.54 Å². The summed E-state index contributed by atoms with van der Waals surface area (Å²) in [6.07, 6.45) is 2.07. The van der Waals surface area contributed by atoms with Crippen LogP contribution in [0.4, 0.5) is 5.69 Å². The first kappa shape index (κ1) is 15.9. The van der Waals surface area contributed by atoms with Crippen molar-refractivity contribution in [3.05, 3.63) is 21.6 Å². The van der Waals surface area contributed by atoms with Crippen LogP contribution in [0.15, 0.2) is 11.0 Å². The Morgan fingerprint density at radius 1 is 1.37 bits per heavy atom. The Labute approximate surface area is 115 Å². The Morgan fingerprint density at radius 2 is 1.95 bits per heavy atom. The molecule has 7 nitrogen and oxygen atoms in total. The molecular formula is C11H18ClN3O4. The third-order valence-corrected chi connectivity index (χ3v) is 3.09. The van der Waals surface area contributed by atoms with Crippen LogP contribution >= 0.6 is 11.6 Å². The van der Waals surface area contributed by atoms with Gasteiger partial charge in [0.05, 0.1) is 31.7 Å². The third-order valence-electron chi connectivity index (χ3n) is 2.73. The molecule has 0 radical (unpaired) electrons. The molecule has 8 heteroatoms. The standard InChI is InChI=1S/C11H18ClN3O4/c1-2-3-15-10(19)9(12)8(4-13-15)14-11(5-16,6-17)7-18/h4,14,16-18H,2-3,5-7H2,1H3. The highest BCUT2D eigenvalue weighted by Gasteiger charge is 2.29. The molecule has 0 aromatic carbocycles. The van der Waals surface area contributed by atoms with Crippen molar-refractivity contribution in [1.29, 1.82) is 0 Å². The first-order chi connectivity index (χ1) is 9.03. The number of aryl methyl sites for hydroxylation is 1. The van der Waals surface area contributed by atoms with E-state index in [-0.39, 0.29) is 10.7 Å². The molecule has 0 amide bonds. The molecule has 0 aliphatic heterocycles. The molecule has 108 valence electrons. The fourth-order valence-corrected chi connectivity index (χ4v) is 1.67. The summed E-state index contributed by atoms with van der Waals surface area (Å²) in [4.78, 5) is 11.9. The number of hydrogen-bond donors (Lipinski definition) is 4. The number of halogens is 1. The first-order valence-corrected chi connectivity index (χ1v) is 6.27. The number of aromatic nitrogens is 2. The summed E-state index contributed by atoms with van der Waals surface area (Å²) in [6, 6.07) is 0. The van der Waals surface area contributed by atoms with E-state index >= 15 is 0 Å². The van der Waals surface area contributed by atoms with Gasteiger partial charge in [-0.15, -0.1) is 0 Å². The summed E-state index contributed by atoms with van der Waals surface area (Å²) >= 11 is 5.93. The van der Waals surface area contributed by atoms with Crippen LogP contribution in [0.5, 0.6) is 0 Å². The summed E-state index contributed by atoms with van der Waals surface area (Å²) in [5, 5.41) is 34.1. The molecule has 4 N–H and O–H groups in total. The highest BCUT2D eigenvalue weighted by atomic mass is 35.5. The van der Waals surface area contributed by atoms with Crippen LogP contribution in [0.25, 0.3) is 0 Å². The Hall–Kier alpha value is -1.15. The van der Waals surface area contributed by atoms with E-state index in [1.54, 1.807) is 0 Å². The van der Waals surface area contributed by atoms with Crippen molar-refractivity contribution in [1.82, 2.24) is 9.78 Å². The molecule has 0 unspecified atom stereocenters. The molecule has 0 aliphatic carbocycles. The zero-order valence-corrected chi connectivity index (χ0v) is 11.4. The summed E-state index contributed by atoms with van der Waals surface area (Å²) in [7, 11) is 0. The predicted molar refractivity (Wildman–Crippen MR) is 71.4 cm³/mol. The Bertz CT molecular complexity index is 465. The van der Waals surface area contributed by atoms with Crippen molar-refractivity contribution in [2.24, 2.45) is 0 Å². The highest BCUT2D eigenvalue weighted by molar-refractivity contribution is 6.32. The largest absolute Gasteiger partial charge is 0.394 e. The van der Waals surface area contributed by atoms with Crippen molar-refractivity contribution < 1.29 is 15.3 Å². The maximum atomic E-state index is 11.9. The van der Waals surface area contributed by atoms with E-state index in [9.17, 15) is 20.1 Å². The number of nitrogens with one attached hydrogen (secondary N) is 1. The molecule has 19 heavy (non-hydrogen) atoms. The average molecular weight is 292 g/mol. The SMILES string of the molecule is CCCn1ncc(NC(CO)(CO)CO)c(Cl)c1=O. The van der Waals surface area contributed by atoms with E-state index < -0.39 is 30.9 Å². The van der Waals surface area contributed by atoms with E-state index in [1.165, 1.54) is 10.9 Å².